The van der Waals surface area contributed by atoms with E-state index in [0.717, 1.165) is 68.0 Å². The summed E-state index contributed by atoms with van der Waals surface area (Å²) < 4.78 is 31.8. The second-order valence-electron chi connectivity index (χ2n) is 8.50. The van der Waals surface area contributed by atoms with Crippen LogP contribution in [-0.4, -0.2) is 54.3 Å². The second kappa shape index (κ2) is 11.3. The largest absolute Gasteiger partial charge is 0.377 e. The van der Waals surface area contributed by atoms with E-state index < -0.39 is 11.6 Å². The van der Waals surface area contributed by atoms with Crippen molar-refractivity contribution in [2.24, 2.45) is 4.99 Å². The first kappa shape index (κ1) is 23.2. The van der Waals surface area contributed by atoms with Gasteiger partial charge in [-0.2, -0.15) is 0 Å². The number of benzene rings is 2. The van der Waals surface area contributed by atoms with Crippen LogP contribution in [0.2, 0.25) is 0 Å². The van der Waals surface area contributed by atoms with Gasteiger partial charge in [-0.3, -0.25) is 0 Å². The van der Waals surface area contributed by atoms with Gasteiger partial charge in [-0.1, -0.05) is 36.0 Å². The number of rotatable bonds is 8. The van der Waals surface area contributed by atoms with Gasteiger partial charge in [0, 0.05) is 38.5 Å². The summed E-state index contributed by atoms with van der Waals surface area (Å²) in [5, 5.41) is 1.14. The van der Waals surface area contributed by atoms with Crippen LogP contribution in [0.3, 0.4) is 0 Å². The molecule has 2 heterocycles. The molecule has 7 heteroatoms. The van der Waals surface area contributed by atoms with Crippen LogP contribution < -0.4 is 0 Å². The quantitative estimate of drug-likeness (QED) is 0.481. The number of ether oxygens (including phenoxy) is 1. The summed E-state index contributed by atoms with van der Waals surface area (Å²) in [4.78, 5) is 9.80. The smallest absolute Gasteiger partial charge is 0.164 e. The number of amidine groups is 1. The molecule has 172 valence electrons. The first-order chi connectivity index (χ1) is 15.6. The molecule has 0 aromatic heterocycles. The third-order valence-corrected chi connectivity index (χ3v) is 7.33. The van der Waals surface area contributed by atoms with Crippen LogP contribution in [0, 0.1) is 11.6 Å². The highest BCUT2D eigenvalue weighted by Crippen LogP contribution is 2.32. The van der Waals surface area contributed by atoms with E-state index in [-0.39, 0.29) is 0 Å². The molecule has 0 spiro atoms. The van der Waals surface area contributed by atoms with Crippen molar-refractivity contribution in [3.05, 3.63) is 65.2 Å². The molecule has 4 nitrogen and oxygen atoms in total. The van der Waals surface area contributed by atoms with Crippen molar-refractivity contribution in [1.29, 1.82) is 0 Å². The standard InChI is InChI=1S/C25H31F2N3OS/c1-29(25-28-24-7-3-2-6-20(24)18-32-25)21-10-13-30(14-11-21)12-4-5-15-31-17-19-8-9-22(26)23(27)16-19/h2-3,6-9,16,21H,4-5,10-15,17-18H2,1H3. The van der Waals surface area contributed by atoms with Crippen molar-refractivity contribution in [2.75, 3.05) is 33.3 Å². The van der Waals surface area contributed by atoms with E-state index in [9.17, 15) is 8.78 Å². The molecule has 2 aromatic rings. The van der Waals surface area contributed by atoms with Gasteiger partial charge in [-0.25, -0.2) is 13.8 Å². The molecule has 0 unspecified atom stereocenters. The molecule has 4 rings (SSSR count). The molecule has 0 aliphatic carbocycles. The van der Waals surface area contributed by atoms with Crippen LogP contribution >= 0.6 is 11.8 Å². The Morgan fingerprint density at radius 1 is 1.09 bits per heavy atom. The minimum Gasteiger partial charge on any atom is -0.377 e. The average molecular weight is 460 g/mol. The number of para-hydroxylation sites is 1. The first-order valence-electron chi connectivity index (χ1n) is 11.4. The van der Waals surface area contributed by atoms with E-state index in [4.69, 9.17) is 9.73 Å². The van der Waals surface area contributed by atoms with E-state index >= 15 is 0 Å². The first-order valence-corrected chi connectivity index (χ1v) is 12.3. The molecule has 0 amide bonds. The zero-order valence-corrected chi connectivity index (χ0v) is 19.4. The Labute approximate surface area is 193 Å². The number of hydrogen-bond acceptors (Lipinski definition) is 5. The van der Waals surface area contributed by atoms with Crippen LogP contribution in [0.15, 0.2) is 47.5 Å². The number of thioether (sulfide) groups is 1. The van der Waals surface area contributed by atoms with Gasteiger partial charge < -0.3 is 14.5 Å². The van der Waals surface area contributed by atoms with Crippen LogP contribution in [-0.2, 0) is 17.1 Å². The maximum Gasteiger partial charge on any atom is 0.164 e. The van der Waals surface area contributed by atoms with E-state index in [1.54, 1.807) is 6.07 Å². The van der Waals surface area contributed by atoms with Crippen molar-refractivity contribution in [2.45, 2.75) is 44.1 Å². The molecule has 1 fully saturated rings. The van der Waals surface area contributed by atoms with E-state index in [2.05, 4.69) is 41.1 Å². The number of piperidine rings is 1. The highest BCUT2D eigenvalue weighted by atomic mass is 32.2. The lowest BCUT2D eigenvalue weighted by atomic mass is 10.0. The van der Waals surface area contributed by atoms with Gasteiger partial charge in [0.2, 0.25) is 0 Å². The monoisotopic (exact) mass is 459 g/mol. The zero-order valence-electron chi connectivity index (χ0n) is 18.6. The van der Waals surface area contributed by atoms with Crippen LogP contribution in [0.25, 0.3) is 0 Å². The maximum absolute atomic E-state index is 13.2. The molecule has 0 N–H and O–H groups in total. The summed E-state index contributed by atoms with van der Waals surface area (Å²) in [5.41, 5.74) is 3.09. The molecule has 2 aromatic carbocycles. The summed E-state index contributed by atoms with van der Waals surface area (Å²) in [5.74, 6) is -0.644. The molecule has 32 heavy (non-hydrogen) atoms. The average Bonchev–Trinajstić information content (AvgIpc) is 2.83. The van der Waals surface area contributed by atoms with Crippen LogP contribution in [0.1, 0.15) is 36.8 Å². The number of nitrogens with zero attached hydrogens (tertiary/aromatic N) is 3. The Balaban J connectivity index is 1.12. The number of likely N-dealkylation sites (tertiary alicyclic amines) is 1. The van der Waals surface area contributed by atoms with E-state index in [1.165, 1.54) is 11.6 Å². The van der Waals surface area contributed by atoms with Gasteiger partial charge in [-0.15, -0.1) is 0 Å². The van der Waals surface area contributed by atoms with Crippen molar-refractivity contribution < 1.29 is 13.5 Å². The third-order valence-electron chi connectivity index (χ3n) is 6.24. The number of aliphatic imine (C=N–C) groups is 1. The van der Waals surface area contributed by atoms with Crippen molar-refractivity contribution in [1.82, 2.24) is 9.80 Å². The summed E-state index contributed by atoms with van der Waals surface area (Å²) in [6, 6.07) is 12.9. The Morgan fingerprint density at radius 3 is 2.72 bits per heavy atom. The lowest BCUT2D eigenvalue weighted by Gasteiger charge is -2.38. The molecular formula is C25H31F2N3OS. The van der Waals surface area contributed by atoms with Gasteiger partial charge in [0.15, 0.2) is 16.8 Å². The summed E-state index contributed by atoms with van der Waals surface area (Å²) in [6.07, 6.45) is 4.36. The van der Waals surface area contributed by atoms with Gasteiger partial charge >= 0.3 is 0 Å². The second-order valence-corrected chi connectivity index (χ2v) is 9.45. The zero-order chi connectivity index (χ0) is 22.3. The van der Waals surface area contributed by atoms with Gasteiger partial charge in [0.05, 0.1) is 12.3 Å². The van der Waals surface area contributed by atoms with Gasteiger partial charge in [0.1, 0.15) is 0 Å². The number of hydrogen-bond donors (Lipinski definition) is 0. The molecule has 0 bridgehead atoms. The summed E-state index contributed by atoms with van der Waals surface area (Å²) in [7, 11) is 2.18. The van der Waals surface area contributed by atoms with Crippen molar-refractivity contribution in [3.8, 4) is 0 Å². The fourth-order valence-corrected chi connectivity index (χ4v) is 5.29. The topological polar surface area (TPSA) is 28.1 Å². The Bertz CT molecular complexity index is 931. The predicted molar refractivity (Wildman–Crippen MR) is 127 cm³/mol. The lowest BCUT2D eigenvalue weighted by Crippen LogP contribution is -2.45. The SMILES string of the molecule is CN(C1=Nc2ccccc2CS1)C1CCN(CCCCOCc2ccc(F)c(F)c2)CC1. The molecule has 0 saturated carbocycles. The fourth-order valence-electron chi connectivity index (χ4n) is 4.25. The van der Waals surface area contributed by atoms with E-state index in [0.29, 0.717) is 24.8 Å². The molecule has 0 radical (unpaired) electrons. The Morgan fingerprint density at radius 2 is 1.91 bits per heavy atom. The Hall–Kier alpha value is -1.96. The maximum atomic E-state index is 13.2. The van der Waals surface area contributed by atoms with Crippen molar-refractivity contribution in [3.63, 3.8) is 0 Å². The number of fused-ring (bicyclic) bond motifs is 1. The lowest BCUT2D eigenvalue weighted by molar-refractivity contribution is 0.110. The molecule has 2 aliphatic heterocycles. The molecule has 1 saturated heterocycles. The third kappa shape index (κ3) is 6.09. The molecule has 0 atom stereocenters. The summed E-state index contributed by atoms with van der Waals surface area (Å²) in [6.45, 7) is 4.25. The van der Waals surface area contributed by atoms with Crippen LogP contribution in [0.4, 0.5) is 14.5 Å². The molecule has 2 aliphatic rings. The van der Waals surface area contributed by atoms with Crippen LogP contribution in [0.5, 0.6) is 0 Å². The van der Waals surface area contributed by atoms with Gasteiger partial charge in [0.25, 0.3) is 0 Å². The predicted octanol–water partition coefficient (Wildman–Crippen LogP) is 5.59. The minimum absolute atomic E-state index is 0.321. The highest BCUT2D eigenvalue weighted by Gasteiger charge is 2.26. The van der Waals surface area contributed by atoms with E-state index in [1.807, 2.05) is 11.8 Å². The molecular weight excluding hydrogens is 428 g/mol. The van der Waals surface area contributed by atoms with Gasteiger partial charge in [-0.05, 0) is 61.6 Å². The van der Waals surface area contributed by atoms with Crippen molar-refractivity contribution >= 4 is 22.6 Å². The highest BCUT2D eigenvalue weighted by molar-refractivity contribution is 8.13. The number of halogens is 2. The normalized spacial score (nSPS) is 17.2. The fraction of sp³-hybridized carbons (Fsp3) is 0.480. The Kier molecular flexibility index (Phi) is 8.16. The summed E-state index contributed by atoms with van der Waals surface area (Å²) >= 11 is 1.84. The number of unbranched alkanes of at least 4 members (excludes halogenated alkanes) is 1. The minimum atomic E-state index is -0.820.